The highest BCUT2D eigenvalue weighted by molar-refractivity contribution is 5.12. The summed E-state index contributed by atoms with van der Waals surface area (Å²) < 4.78 is 5.56. The van der Waals surface area contributed by atoms with E-state index in [1.54, 1.807) is 13.8 Å². The summed E-state index contributed by atoms with van der Waals surface area (Å²) in [6.07, 6.45) is -0.244. The highest BCUT2D eigenvalue weighted by atomic mass is 16.5. The van der Waals surface area contributed by atoms with Gasteiger partial charge in [-0.15, -0.1) is 0 Å². The van der Waals surface area contributed by atoms with Gasteiger partial charge in [0.1, 0.15) is 16.8 Å². The SMILES string of the molecule is CC(C)OC(C)(CO)C(C)(O)C(C)(O)C(C)(C)O. The van der Waals surface area contributed by atoms with Crippen LogP contribution in [0, 0.1) is 0 Å². The van der Waals surface area contributed by atoms with Gasteiger partial charge in [-0.05, 0) is 48.5 Å². The second-order valence-electron chi connectivity index (χ2n) is 6.26. The van der Waals surface area contributed by atoms with Crippen molar-refractivity contribution in [3.8, 4) is 0 Å². The van der Waals surface area contributed by atoms with E-state index in [9.17, 15) is 20.4 Å². The molecule has 0 heterocycles. The second kappa shape index (κ2) is 5.06. The predicted octanol–water partition coefficient (Wildman–Crippen LogP) is 0.435. The van der Waals surface area contributed by atoms with E-state index in [4.69, 9.17) is 4.74 Å². The Labute approximate surface area is 109 Å². The zero-order valence-corrected chi connectivity index (χ0v) is 12.5. The van der Waals surface area contributed by atoms with Crippen molar-refractivity contribution in [2.75, 3.05) is 6.61 Å². The van der Waals surface area contributed by atoms with Crippen LogP contribution < -0.4 is 0 Å². The lowest BCUT2D eigenvalue weighted by molar-refractivity contribution is -0.298. The molecular formula is C13H28O5. The van der Waals surface area contributed by atoms with E-state index >= 15 is 0 Å². The number of ether oxygens (including phenoxy) is 1. The minimum absolute atomic E-state index is 0.244. The molecule has 4 N–H and O–H groups in total. The van der Waals surface area contributed by atoms with Crippen LogP contribution in [0.5, 0.6) is 0 Å². The van der Waals surface area contributed by atoms with E-state index in [1.807, 2.05) is 0 Å². The van der Waals surface area contributed by atoms with Crippen LogP contribution in [0.2, 0.25) is 0 Å². The van der Waals surface area contributed by atoms with Crippen LogP contribution in [0.1, 0.15) is 48.5 Å². The van der Waals surface area contributed by atoms with Gasteiger partial charge in [0.05, 0.1) is 18.3 Å². The molecule has 0 bridgehead atoms. The maximum atomic E-state index is 10.7. The van der Waals surface area contributed by atoms with Gasteiger partial charge in [0, 0.05) is 0 Å². The van der Waals surface area contributed by atoms with E-state index < -0.39 is 29.0 Å². The van der Waals surface area contributed by atoms with E-state index in [-0.39, 0.29) is 6.10 Å². The van der Waals surface area contributed by atoms with Crippen LogP contribution in [0.4, 0.5) is 0 Å². The Morgan fingerprint density at radius 2 is 1.28 bits per heavy atom. The fourth-order valence-corrected chi connectivity index (χ4v) is 1.94. The topological polar surface area (TPSA) is 90.2 Å². The lowest BCUT2D eigenvalue weighted by Gasteiger charge is -2.54. The van der Waals surface area contributed by atoms with Gasteiger partial charge >= 0.3 is 0 Å². The summed E-state index contributed by atoms with van der Waals surface area (Å²) in [6.45, 7) is 10.0. The van der Waals surface area contributed by atoms with E-state index in [1.165, 1.54) is 34.6 Å². The van der Waals surface area contributed by atoms with Gasteiger partial charge in [0.15, 0.2) is 0 Å². The monoisotopic (exact) mass is 264 g/mol. The number of hydrogen-bond acceptors (Lipinski definition) is 5. The van der Waals surface area contributed by atoms with Gasteiger partial charge in [0.2, 0.25) is 0 Å². The number of rotatable bonds is 6. The molecule has 0 radical (unpaired) electrons. The molecule has 0 aromatic heterocycles. The third-order valence-electron chi connectivity index (χ3n) is 3.97. The molecule has 110 valence electrons. The lowest BCUT2D eigenvalue weighted by atomic mass is 9.67. The molecule has 0 amide bonds. The van der Waals surface area contributed by atoms with E-state index in [0.29, 0.717) is 0 Å². The van der Waals surface area contributed by atoms with Gasteiger partial charge in [-0.1, -0.05) is 0 Å². The van der Waals surface area contributed by atoms with Crippen LogP contribution >= 0.6 is 0 Å². The minimum Gasteiger partial charge on any atom is -0.393 e. The summed E-state index contributed by atoms with van der Waals surface area (Å²) in [5.74, 6) is 0. The van der Waals surface area contributed by atoms with Gasteiger partial charge < -0.3 is 25.2 Å². The normalized spacial score (nSPS) is 23.3. The molecule has 0 aliphatic carbocycles. The Morgan fingerprint density at radius 3 is 1.50 bits per heavy atom. The second-order valence-corrected chi connectivity index (χ2v) is 6.26. The molecule has 0 aliphatic rings. The highest BCUT2D eigenvalue weighted by Crippen LogP contribution is 2.41. The predicted molar refractivity (Wildman–Crippen MR) is 69.3 cm³/mol. The smallest absolute Gasteiger partial charge is 0.124 e. The van der Waals surface area contributed by atoms with Crippen LogP contribution in [-0.2, 0) is 4.74 Å². The molecule has 0 aromatic carbocycles. The first kappa shape index (κ1) is 17.8. The molecule has 5 nitrogen and oxygen atoms in total. The maximum absolute atomic E-state index is 10.7. The Balaban J connectivity index is 5.58. The summed E-state index contributed by atoms with van der Waals surface area (Å²) >= 11 is 0. The summed E-state index contributed by atoms with van der Waals surface area (Å²) in [5, 5.41) is 40.7. The molecule has 18 heavy (non-hydrogen) atoms. The number of hydrogen-bond donors (Lipinski definition) is 4. The van der Waals surface area contributed by atoms with E-state index in [2.05, 4.69) is 0 Å². The molecule has 0 aliphatic heterocycles. The molecule has 5 heteroatoms. The van der Waals surface area contributed by atoms with Crippen molar-refractivity contribution in [1.29, 1.82) is 0 Å². The Kier molecular flexibility index (Phi) is 5.00. The van der Waals surface area contributed by atoms with Crippen molar-refractivity contribution in [3.63, 3.8) is 0 Å². The Bertz CT molecular complexity index is 278. The van der Waals surface area contributed by atoms with Gasteiger partial charge in [-0.2, -0.15) is 0 Å². The zero-order valence-electron chi connectivity index (χ0n) is 12.5. The standard InChI is InChI=1S/C13H28O5/c1-9(2)18-11(5,8-14)13(7,17)12(6,16)10(3,4)15/h9,14-17H,8H2,1-7H3. The summed E-state index contributed by atoms with van der Waals surface area (Å²) in [4.78, 5) is 0. The first-order valence-corrected chi connectivity index (χ1v) is 6.19. The van der Waals surface area contributed by atoms with Crippen molar-refractivity contribution in [2.24, 2.45) is 0 Å². The number of aliphatic hydroxyl groups is 4. The average Bonchev–Trinajstić information content (AvgIpc) is 2.14. The highest BCUT2D eigenvalue weighted by Gasteiger charge is 2.61. The van der Waals surface area contributed by atoms with Crippen LogP contribution in [0.25, 0.3) is 0 Å². The molecule has 0 saturated carbocycles. The fraction of sp³-hybridized carbons (Fsp3) is 1.00. The van der Waals surface area contributed by atoms with Crippen LogP contribution in [0.3, 0.4) is 0 Å². The van der Waals surface area contributed by atoms with Crippen molar-refractivity contribution in [2.45, 2.75) is 77.0 Å². The summed E-state index contributed by atoms with van der Waals surface area (Å²) in [6, 6.07) is 0. The number of aliphatic hydroxyl groups excluding tert-OH is 1. The zero-order chi connectivity index (χ0) is 15.0. The molecule has 0 spiro atoms. The average molecular weight is 264 g/mol. The van der Waals surface area contributed by atoms with Gasteiger partial charge in [-0.25, -0.2) is 0 Å². The van der Waals surface area contributed by atoms with Crippen molar-refractivity contribution < 1.29 is 25.2 Å². The molecular weight excluding hydrogens is 236 g/mol. The fourth-order valence-electron chi connectivity index (χ4n) is 1.94. The minimum atomic E-state index is -1.87. The van der Waals surface area contributed by atoms with Crippen molar-refractivity contribution in [1.82, 2.24) is 0 Å². The summed E-state index contributed by atoms with van der Waals surface area (Å²) in [5.41, 5.74) is -6.68. The molecule has 0 fully saturated rings. The van der Waals surface area contributed by atoms with Gasteiger partial charge in [0.25, 0.3) is 0 Å². The summed E-state index contributed by atoms with van der Waals surface area (Å²) in [7, 11) is 0. The van der Waals surface area contributed by atoms with Gasteiger partial charge in [-0.3, -0.25) is 0 Å². The first-order valence-electron chi connectivity index (χ1n) is 6.19. The van der Waals surface area contributed by atoms with Crippen LogP contribution in [-0.4, -0.2) is 55.5 Å². The third kappa shape index (κ3) is 2.86. The molecule has 0 aromatic rings. The maximum Gasteiger partial charge on any atom is 0.124 e. The lowest BCUT2D eigenvalue weighted by Crippen LogP contribution is -2.73. The molecule has 3 atom stereocenters. The largest absolute Gasteiger partial charge is 0.393 e. The van der Waals surface area contributed by atoms with E-state index in [0.717, 1.165) is 0 Å². The Morgan fingerprint density at radius 1 is 0.889 bits per heavy atom. The van der Waals surface area contributed by atoms with Crippen molar-refractivity contribution in [3.05, 3.63) is 0 Å². The molecule has 0 rings (SSSR count). The quantitative estimate of drug-likeness (QED) is 0.559. The van der Waals surface area contributed by atoms with Crippen molar-refractivity contribution >= 4 is 0 Å². The van der Waals surface area contributed by atoms with Crippen LogP contribution in [0.15, 0.2) is 0 Å². The Hall–Kier alpha value is -0.200. The molecule has 3 unspecified atom stereocenters. The first-order chi connectivity index (χ1) is 7.73. The third-order valence-corrected chi connectivity index (χ3v) is 3.97. The molecule has 0 saturated heterocycles.